The number of para-hydroxylation sites is 1. The van der Waals surface area contributed by atoms with Crippen molar-refractivity contribution in [3.8, 4) is 5.75 Å². The average Bonchev–Trinajstić information content (AvgIpc) is 2.93. The van der Waals surface area contributed by atoms with Crippen LogP contribution >= 0.6 is 0 Å². The lowest BCUT2D eigenvalue weighted by Gasteiger charge is -2.28. The summed E-state index contributed by atoms with van der Waals surface area (Å²) in [6.07, 6.45) is 6.48. The number of carbonyl (C=O) groups is 2. The average molecular weight is 344 g/mol. The molecule has 0 N–H and O–H groups in total. The number of carbonyl (C=O) groups excluding carboxylic acids is 2. The molecule has 0 radical (unpaired) electrons. The molecule has 2 fully saturated rings. The zero-order valence-corrected chi connectivity index (χ0v) is 15.1. The molecule has 1 saturated carbocycles. The molecule has 1 aromatic carbocycles. The number of hydrogen-bond acceptors (Lipinski definition) is 3. The van der Waals surface area contributed by atoms with Crippen LogP contribution in [-0.2, 0) is 4.79 Å². The lowest BCUT2D eigenvalue weighted by atomic mass is 9.88. The predicted octanol–water partition coefficient (Wildman–Crippen LogP) is 2.95. The van der Waals surface area contributed by atoms with Crippen molar-refractivity contribution in [1.29, 1.82) is 0 Å². The molecule has 1 aromatic rings. The Morgan fingerprint density at radius 2 is 1.60 bits per heavy atom. The summed E-state index contributed by atoms with van der Waals surface area (Å²) >= 11 is 0. The molecule has 0 unspecified atom stereocenters. The van der Waals surface area contributed by atoms with Crippen LogP contribution in [0.1, 0.15) is 48.9 Å². The number of benzene rings is 1. The molecule has 2 amide bonds. The first-order valence-corrected chi connectivity index (χ1v) is 9.42. The number of hydrogen-bond donors (Lipinski definition) is 0. The zero-order valence-electron chi connectivity index (χ0n) is 15.1. The highest BCUT2D eigenvalue weighted by Gasteiger charge is 2.29. The summed E-state index contributed by atoms with van der Waals surface area (Å²) in [4.78, 5) is 29.4. The van der Waals surface area contributed by atoms with Gasteiger partial charge >= 0.3 is 0 Å². The standard InChI is InChI=1S/C20H28N2O3/c1-25-18-11-6-5-10-17(18)20(24)22-13-7-12-21(14-15-22)19(23)16-8-3-2-4-9-16/h5-6,10-11,16H,2-4,7-9,12-15H2,1H3. The first kappa shape index (κ1) is 17.8. The van der Waals surface area contributed by atoms with Crippen LogP contribution in [-0.4, -0.2) is 54.9 Å². The number of amides is 2. The second-order valence-electron chi connectivity index (χ2n) is 7.01. The SMILES string of the molecule is COc1ccccc1C(=O)N1CCCN(C(=O)C2CCCCC2)CC1. The van der Waals surface area contributed by atoms with Crippen molar-refractivity contribution >= 4 is 11.8 Å². The van der Waals surface area contributed by atoms with Crippen molar-refractivity contribution in [1.82, 2.24) is 9.80 Å². The summed E-state index contributed by atoms with van der Waals surface area (Å²) in [6, 6.07) is 7.33. The number of nitrogens with zero attached hydrogens (tertiary/aromatic N) is 2. The molecule has 0 aromatic heterocycles. The lowest BCUT2D eigenvalue weighted by molar-refractivity contribution is -0.136. The quantitative estimate of drug-likeness (QED) is 0.847. The first-order valence-electron chi connectivity index (χ1n) is 9.42. The molecule has 3 rings (SSSR count). The van der Waals surface area contributed by atoms with Crippen LogP contribution < -0.4 is 4.74 Å². The van der Waals surface area contributed by atoms with E-state index in [9.17, 15) is 9.59 Å². The minimum atomic E-state index is -0.00980. The molecule has 2 aliphatic rings. The second-order valence-corrected chi connectivity index (χ2v) is 7.01. The Balaban J connectivity index is 1.63. The Morgan fingerprint density at radius 3 is 2.36 bits per heavy atom. The summed E-state index contributed by atoms with van der Waals surface area (Å²) in [7, 11) is 1.58. The summed E-state index contributed by atoms with van der Waals surface area (Å²) in [6.45, 7) is 2.67. The Bertz CT molecular complexity index is 611. The van der Waals surface area contributed by atoms with Crippen LogP contribution in [0.5, 0.6) is 5.75 Å². The highest BCUT2D eigenvalue weighted by atomic mass is 16.5. The van der Waals surface area contributed by atoms with E-state index >= 15 is 0 Å². The summed E-state index contributed by atoms with van der Waals surface area (Å²) in [5.41, 5.74) is 0.594. The van der Waals surface area contributed by atoms with Crippen molar-refractivity contribution in [2.45, 2.75) is 38.5 Å². The van der Waals surface area contributed by atoms with Crippen molar-refractivity contribution in [2.75, 3.05) is 33.3 Å². The number of rotatable bonds is 3. The van der Waals surface area contributed by atoms with Gasteiger partial charge in [-0.3, -0.25) is 9.59 Å². The molecule has 0 bridgehead atoms. The summed E-state index contributed by atoms with van der Waals surface area (Å²) in [5.74, 6) is 1.09. The van der Waals surface area contributed by atoms with Gasteiger partial charge in [-0.05, 0) is 31.4 Å². The van der Waals surface area contributed by atoms with Gasteiger partial charge < -0.3 is 14.5 Å². The molecule has 1 saturated heterocycles. The molecule has 25 heavy (non-hydrogen) atoms. The van der Waals surface area contributed by atoms with E-state index in [-0.39, 0.29) is 11.8 Å². The third-order valence-electron chi connectivity index (χ3n) is 5.39. The van der Waals surface area contributed by atoms with E-state index in [1.54, 1.807) is 13.2 Å². The maximum Gasteiger partial charge on any atom is 0.257 e. The van der Waals surface area contributed by atoms with Crippen LogP contribution in [0.2, 0.25) is 0 Å². The van der Waals surface area contributed by atoms with Gasteiger partial charge in [0.1, 0.15) is 5.75 Å². The van der Waals surface area contributed by atoms with Gasteiger partial charge in [-0.2, -0.15) is 0 Å². The van der Waals surface area contributed by atoms with Gasteiger partial charge in [0.05, 0.1) is 12.7 Å². The topological polar surface area (TPSA) is 49.9 Å². The van der Waals surface area contributed by atoms with E-state index in [0.717, 1.165) is 25.8 Å². The normalized spacial score (nSPS) is 19.4. The molecular formula is C20H28N2O3. The largest absolute Gasteiger partial charge is 0.496 e. The fourth-order valence-corrected chi connectivity index (χ4v) is 3.94. The minimum absolute atomic E-state index is 0.00980. The molecule has 0 spiro atoms. The molecule has 0 atom stereocenters. The summed E-state index contributed by atoms with van der Waals surface area (Å²) in [5, 5.41) is 0. The van der Waals surface area contributed by atoms with Gasteiger partial charge in [-0.1, -0.05) is 31.4 Å². The molecule has 5 nitrogen and oxygen atoms in total. The van der Waals surface area contributed by atoms with E-state index in [0.29, 0.717) is 36.9 Å². The molecule has 1 aliphatic heterocycles. The fraction of sp³-hybridized carbons (Fsp3) is 0.600. The van der Waals surface area contributed by atoms with E-state index in [4.69, 9.17) is 4.74 Å². The third kappa shape index (κ3) is 4.14. The van der Waals surface area contributed by atoms with Crippen LogP contribution in [0.3, 0.4) is 0 Å². The number of methoxy groups -OCH3 is 1. The van der Waals surface area contributed by atoms with Crippen LogP contribution in [0, 0.1) is 5.92 Å². The van der Waals surface area contributed by atoms with Crippen molar-refractivity contribution in [2.24, 2.45) is 5.92 Å². The molecule has 136 valence electrons. The van der Waals surface area contributed by atoms with Crippen molar-refractivity contribution < 1.29 is 14.3 Å². The maximum atomic E-state index is 12.9. The Morgan fingerprint density at radius 1 is 0.920 bits per heavy atom. The van der Waals surface area contributed by atoms with Gasteiger partial charge in [-0.15, -0.1) is 0 Å². The zero-order chi connectivity index (χ0) is 17.6. The monoisotopic (exact) mass is 344 g/mol. The Kier molecular flexibility index (Phi) is 5.95. The summed E-state index contributed by atoms with van der Waals surface area (Å²) < 4.78 is 5.32. The Labute approximate surface area is 149 Å². The van der Waals surface area contributed by atoms with Crippen LogP contribution in [0.15, 0.2) is 24.3 Å². The maximum absolute atomic E-state index is 12.9. The fourth-order valence-electron chi connectivity index (χ4n) is 3.94. The molecule has 5 heteroatoms. The van der Waals surface area contributed by atoms with Gasteiger partial charge in [-0.25, -0.2) is 0 Å². The van der Waals surface area contributed by atoms with Crippen LogP contribution in [0.4, 0.5) is 0 Å². The second kappa shape index (κ2) is 8.37. The van der Waals surface area contributed by atoms with Crippen LogP contribution in [0.25, 0.3) is 0 Å². The molecular weight excluding hydrogens is 316 g/mol. The predicted molar refractivity (Wildman–Crippen MR) is 96.7 cm³/mol. The van der Waals surface area contributed by atoms with Gasteiger partial charge in [0.25, 0.3) is 5.91 Å². The van der Waals surface area contributed by atoms with Crippen molar-refractivity contribution in [3.05, 3.63) is 29.8 Å². The van der Waals surface area contributed by atoms with Gasteiger partial charge in [0.2, 0.25) is 5.91 Å². The van der Waals surface area contributed by atoms with E-state index in [1.165, 1.54) is 19.3 Å². The van der Waals surface area contributed by atoms with Gasteiger partial charge in [0.15, 0.2) is 0 Å². The highest BCUT2D eigenvalue weighted by Crippen LogP contribution is 2.26. The van der Waals surface area contributed by atoms with Gasteiger partial charge in [0, 0.05) is 32.1 Å². The minimum Gasteiger partial charge on any atom is -0.496 e. The third-order valence-corrected chi connectivity index (χ3v) is 5.39. The lowest BCUT2D eigenvalue weighted by Crippen LogP contribution is -2.40. The number of ether oxygens (including phenoxy) is 1. The smallest absolute Gasteiger partial charge is 0.257 e. The van der Waals surface area contributed by atoms with E-state index in [2.05, 4.69) is 0 Å². The first-order chi connectivity index (χ1) is 12.2. The van der Waals surface area contributed by atoms with Crippen molar-refractivity contribution in [3.63, 3.8) is 0 Å². The Hall–Kier alpha value is -2.04. The van der Waals surface area contributed by atoms with E-state index in [1.807, 2.05) is 28.0 Å². The molecule has 1 heterocycles. The highest BCUT2D eigenvalue weighted by molar-refractivity contribution is 5.97. The molecule has 1 aliphatic carbocycles. The van der Waals surface area contributed by atoms with E-state index < -0.39 is 0 Å².